The normalized spacial score (nSPS) is 17.6. The number of piperazine rings is 1. The van der Waals surface area contributed by atoms with E-state index in [0.29, 0.717) is 6.42 Å². The van der Waals surface area contributed by atoms with Gasteiger partial charge in [-0.3, -0.25) is 9.69 Å². The summed E-state index contributed by atoms with van der Waals surface area (Å²) in [5.41, 5.74) is 0.875. The predicted molar refractivity (Wildman–Crippen MR) is 77.5 cm³/mol. The SMILES string of the molecule is Cc1nc(CC(=O)NCCN2CCN(C)CC2)cs1. The van der Waals surface area contributed by atoms with Gasteiger partial charge in [0.2, 0.25) is 5.91 Å². The van der Waals surface area contributed by atoms with Crippen molar-refractivity contribution in [3.05, 3.63) is 16.1 Å². The number of rotatable bonds is 5. The Morgan fingerprint density at radius 1 is 1.42 bits per heavy atom. The molecule has 0 unspecified atom stereocenters. The lowest BCUT2D eigenvalue weighted by Gasteiger charge is -2.32. The Morgan fingerprint density at radius 2 is 2.16 bits per heavy atom. The van der Waals surface area contributed by atoms with Crippen LogP contribution in [0.15, 0.2) is 5.38 Å². The molecule has 0 aromatic carbocycles. The molecule has 1 aliphatic heterocycles. The highest BCUT2D eigenvalue weighted by Crippen LogP contribution is 2.08. The highest BCUT2D eigenvalue weighted by atomic mass is 32.1. The summed E-state index contributed by atoms with van der Waals surface area (Å²) in [6.45, 7) is 8.05. The zero-order chi connectivity index (χ0) is 13.7. The zero-order valence-electron chi connectivity index (χ0n) is 11.7. The van der Waals surface area contributed by atoms with Crippen molar-refractivity contribution in [1.29, 1.82) is 0 Å². The van der Waals surface area contributed by atoms with Crippen molar-refractivity contribution in [2.75, 3.05) is 46.3 Å². The monoisotopic (exact) mass is 282 g/mol. The van der Waals surface area contributed by atoms with Crippen molar-refractivity contribution in [3.8, 4) is 0 Å². The minimum atomic E-state index is 0.0689. The van der Waals surface area contributed by atoms with Crippen molar-refractivity contribution >= 4 is 17.2 Å². The van der Waals surface area contributed by atoms with Crippen LogP contribution in [0.2, 0.25) is 0 Å². The van der Waals surface area contributed by atoms with Gasteiger partial charge in [0, 0.05) is 44.6 Å². The standard InChI is InChI=1S/C13H22N4OS/c1-11-15-12(10-19-11)9-13(18)14-3-4-17-7-5-16(2)6-8-17/h10H,3-9H2,1-2H3,(H,14,18). The van der Waals surface area contributed by atoms with E-state index in [-0.39, 0.29) is 5.91 Å². The fourth-order valence-electron chi connectivity index (χ4n) is 2.14. The van der Waals surface area contributed by atoms with Crippen molar-refractivity contribution < 1.29 is 4.79 Å². The van der Waals surface area contributed by atoms with E-state index in [2.05, 4.69) is 27.1 Å². The van der Waals surface area contributed by atoms with Crippen molar-refractivity contribution in [1.82, 2.24) is 20.1 Å². The molecule has 1 saturated heterocycles. The molecule has 1 amide bonds. The maximum atomic E-state index is 11.7. The molecule has 0 atom stereocenters. The largest absolute Gasteiger partial charge is 0.354 e. The van der Waals surface area contributed by atoms with Gasteiger partial charge in [-0.05, 0) is 14.0 Å². The number of aromatic nitrogens is 1. The molecule has 19 heavy (non-hydrogen) atoms. The Balaban J connectivity index is 1.61. The second-order valence-corrected chi connectivity index (χ2v) is 6.09. The Morgan fingerprint density at radius 3 is 2.79 bits per heavy atom. The fraction of sp³-hybridized carbons (Fsp3) is 0.692. The van der Waals surface area contributed by atoms with E-state index in [4.69, 9.17) is 0 Å². The Hall–Kier alpha value is -0.980. The van der Waals surface area contributed by atoms with Crippen molar-refractivity contribution in [2.45, 2.75) is 13.3 Å². The second kappa shape index (κ2) is 6.98. The molecule has 0 radical (unpaired) electrons. The number of nitrogens with one attached hydrogen (secondary N) is 1. The number of hydrogen-bond donors (Lipinski definition) is 1. The maximum absolute atomic E-state index is 11.7. The van der Waals surface area contributed by atoms with Crippen LogP contribution < -0.4 is 5.32 Å². The van der Waals surface area contributed by atoms with Crippen molar-refractivity contribution in [3.63, 3.8) is 0 Å². The minimum Gasteiger partial charge on any atom is -0.354 e. The summed E-state index contributed by atoms with van der Waals surface area (Å²) in [7, 11) is 2.15. The number of carbonyl (C=O) groups is 1. The second-order valence-electron chi connectivity index (χ2n) is 5.03. The predicted octanol–water partition coefficient (Wildman–Crippen LogP) is 0.358. The van der Waals surface area contributed by atoms with Gasteiger partial charge in [-0.15, -0.1) is 11.3 Å². The molecule has 1 N–H and O–H groups in total. The molecule has 2 heterocycles. The topological polar surface area (TPSA) is 48.5 Å². The molecule has 0 spiro atoms. The molecule has 106 valence electrons. The van der Waals surface area contributed by atoms with Gasteiger partial charge in [-0.1, -0.05) is 0 Å². The van der Waals surface area contributed by atoms with Crippen LogP contribution in [-0.4, -0.2) is 67.0 Å². The lowest BCUT2D eigenvalue weighted by Crippen LogP contribution is -2.47. The summed E-state index contributed by atoms with van der Waals surface area (Å²) in [5.74, 6) is 0.0689. The number of aryl methyl sites for hydroxylation is 1. The molecule has 1 aromatic rings. The average molecular weight is 282 g/mol. The first-order chi connectivity index (χ1) is 9.13. The number of nitrogens with zero attached hydrogens (tertiary/aromatic N) is 3. The molecule has 0 saturated carbocycles. The third-order valence-electron chi connectivity index (χ3n) is 3.35. The highest BCUT2D eigenvalue weighted by molar-refractivity contribution is 7.09. The minimum absolute atomic E-state index is 0.0689. The van der Waals surface area contributed by atoms with Gasteiger partial charge >= 0.3 is 0 Å². The lowest BCUT2D eigenvalue weighted by atomic mass is 10.3. The third kappa shape index (κ3) is 4.89. The van der Waals surface area contributed by atoms with E-state index < -0.39 is 0 Å². The van der Waals surface area contributed by atoms with Gasteiger partial charge in [0.1, 0.15) is 0 Å². The van der Waals surface area contributed by atoms with E-state index in [1.54, 1.807) is 11.3 Å². The fourth-order valence-corrected chi connectivity index (χ4v) is 2.75. The van der Waals surface area contributed by atoms with Gasteiger partial charge < -0.3 is 10.2 Å². The van der Waals surface area contributed by atoms with E-state index in [1.807, 2.05) is 12.3 Å². The first kappa shape index (κ1) is 14.4. The molecular formula is C13H22N4OS. The molecular weight excluding hydrogens is 260 g/mol. The molecule has 6 heteroatoms. The molecule has 2 rings (SSSR count). The average Bonchev–Trinajstić information content (AvgIpc) is 2.77. The van der Waals surface area contributed by atoms with Gasteiger partial charge in [-0.2, -0.15) is 0 Å². The highest BCUT2D eigenvalue weighted by Gasteiger charge is 2.13. The number of amides is 1. The third-order valence-corrected chi connectivity index (χ3v) is 4.18. The number of likely N-dealkylation sites (N-methyl/N-ethyl adjacent to an activating group) is 1. The van der Waals surface area contributed by atoms with Crippen LogP contribution in [-0.2, 0) is 11.2 Å². The van der Waals surface area contributed by atoms with E-state index in [9.17, 15) is 4.79 Å². The summed E-state index contributed by atoms with van der Waals surface area (Å²) in [6, 6.07) is 0. The lowest BCUT2D eigenvalue weighted by molar-refractivity contribution is -0.120. The quantitative estimate of drug-likeness (QED) is 0.847. The van der Waals surface area contributed by atoms with Crippen LogP contribution in [0.4, 0.5) is 0 Å². The summed E-state index contributed by atoms with van der Waals surface area (Å²) in [4.78, 5) is 20.8. The number of hydrogen-bond acceptors (Lipinski definition) is 5. The first-order valence-corrected chi connectivity index (χ1v) is 7.60. The van der Waals surface area contributed by atoms with Crippen molar-refractivity contribution in [2.24, 2.45) is 0 Å². The van der Waals surface area contributed by atoms with Gasteiger partial charge in [-0.25, -0.2) is 4.98 Å². The summed E-state index contributed by atoms with van der Waals surface area (Å²) in [5, 5.41) is 5.94. The van der Waals surface area contributed by atoms with Crippen LogP contribution >= 0.6 is 11.3 Å². The van der Waals surface area contributed by atoms with Gasteiger partial charge in [0.05, 0.1) is 17.1 Å². The Bertz CT molecular complexity index is 413. The first-order valence-electron chi connectivity index (χ1n) is 6.72. The molecule has 1 aliphatic rings. The van der Waals surface area contributed by atoms with Crippen LogP contribution in [0, 0.1) is 6.92 Å². The Kier molecular flexibility index (Phi) is 5.30. The maximum Gasteiger partial charge on any atom is 0.226 e. The zero-order valence-corrected chi connectivity index (χ0v) is 12.5. The van der Waals surface area contributed by atoms with E-state index in [0.717, 1.165) is 50.0 Å². The smallest absolute Gasteiger partial charge is 0.226 e. The summed E-state index contributed by atoms with van der Waals surface area (Å²) in [6.07, 6.45) is 0.396. The molecule has 1 fully saturated rings. The van der Waals surface area contributed by atoms with E-state index in [1.165, 1.54) is 0 Å². The Labute approximate surface area is 118 Å². The van der Waals surface area contributed by atoms with Crippen LogP contribution in [0.25, 0.3) is 0 Å². The molecule has 0 bridgehead atoms. The molecule has 5 nitrogen and oxygen atoms in total. The van der Waals surface area contributed by atoms with Gasteiger partial charge in [0.25, 0.3) is 0 Å². The van der Waals surface area contributed by atoms with Crippen LogP contribution in [0.5, 0.6) is 0 Å². The number of thiazole rings is 1. The summed E-state index contributed by atoms with van der Waals surface area (Å²) < 4.78 is 0. The molecule has 0 aliphatic carbocycles. The van der Waals surface area contributed by atoms with Crippen LogP contribution in [0.1, 0.15) is 10.7 Å². The summed E-state index contributed by atoms with van der Waals surface area (Å²) >= 11 is 1.59. The molecule has 1 aromatic heterocycles. The van der Waals surface area contributed by atoms with E-state index >= 15 is 0 Å². The van der Waals surface area contributed by atoms with Crippen LogP contribution in [0.3, 0.4) is 0 Å². The number of carbonyl (C=O) groups excluding carboxylic acids is 1. The van der Waals surface area contributed by atoms with Gasteiger partial charge in [0.15, 0.2) is 0 Å².